The molecule has 24 nitrogen and oxygen atoms in total. The molecule has 3 aliphatic heterocycles. The molecule has 81 heavy (non-hydrogen) atoms. The van der Waals surface area contributed by atoms with E-state index in [1.165, 1.54) is 13.1 Å². The Balaban J connectivity index is 0.792. The van der Waals surface area contributed by atoms with Crippen LogP contribution in [0.3, 0.4) is 0 Å². The molecule has 3 unspecified atom stereocenters. The first-order chi connectivity index (χ1) is 38.8. The monoisotopic (exact) mass is 1130 g/mol. The number of nitrogens with one attached hydrogen (secondary N) is 6. The van der Waals surface area contributed by atoms with Crippen molar-refractivity contribution in [2.75, 3.05) is 58.4 Å². The fourth-order valence-corrected chi connectivity index (χ4v) is 11.9. The van der Waals surface area contributed by atoms with Gasteiger partial charge in [0.05, 0.1) is 56.0 Å². The van der Waals surface area contributed by atoms with Gasteiger partial charge in [0.25, 0.3) is 35.4 Å². The molecule has 440 valence electrons. The van der Waals surface area contributed by atoms with E-state index in [4.69, 9.17) is 9.47 Å². The normalized spacial score (nSPS) is 22.6. The molecule has 3 aliphatic carbocycles. The number of carbonyl (C=O) groups excluding carboxylic acids is 10. The maximum atomic E-state index is 14.9. The van der Waals surface area contributed by atoms with Crippen LogP contribution in [0.25, 0.3) is 0 Å². The van der Waals surface area contributed by atoms with Gasteiger partial charge in [-0.1, -0.05) is 65.9 Å². The molecule has 2 aromatic rings. The molecular formula is C57H79N11O13. The van der Waals surface area contributed by atoms with Crippen LogP contribution < -0.4 is 31.9 Å². The molecule has 6 aliphatic rings. The summed E-state index contributed by atoms with van der Waals surface area (Å²) >= 11 is 0. The van der Waals surface area contributed by atoms with Crippen LogP contribution in [0, 0.1) is 23.2 Å². The number of piperidine rings is 1. The lowest BCUT2D eigenvalue weighted by atomic mass is 9.82. The summed E-state index contributed by atoms with van der Waals surface area (Å²) in [6.07, 6.45) is 10.1. The van der Waals surface area contributed by atoms with Crippen LogP contribution in [0.5, 0.6) is 0 Å². The first-order valence-electron chi connectivity index (χ1n) is 28.8. The summed E-state index contributed by atoms with van der Waals surface area (Å²) in [5.41, 5.74) is -0.271. The van der Waals surface area contributed by atoms with Crippen LogP contribution in [0.4, 0.5) is 5.69 Å². The van der Waals surface area contributed by atoms with Gasteiger partial charge in [0, 0.05) is 44.8 Å². The third-order valence-corrected chi connectivity index (χ3v) is 16.5. The first kappa shape index (κ1) is 60.2. The topological polar surface area (TPSA) is 317 Å². The van der Waals surface area contributed by atoms with Gasteiger partial charge in [0.2, 0.25) is 23.6 Å². The van der Waals surface area contributed by atoms with Crippen molar-refractivity contribution >= 4 is 64.8 Å². The summed E-state index contributed by atoms with van der Waals surface area (Å²) in [7, 11) is 1.34. The summed E-state index contributed by atoms with van der Waals surface area (Å²) in [6, 6.07) is -0.0576. The van der Waals surface area contributed by atoms with E-state index in [9.17, 15) is 53.1 Å². The molecule has 4 heterocycles. The number of aliphatic hydroxyl groups excluding tert-OH is 1. The number of benzene rings is 1. The van der Waals surface area contributed by atoms with Crippen LogP contribution in [0.2, 0.25) is 0 Å². The van der Waals surface area contributed by atoms with E-state index in [0.717, 1.165) is 73.6 Å². The van der Waals surface area contributed by atoms with E-state index < -0.39 is 94.9 Å². The van der Waals surface area contributed by atoms with Crippen molar-refractivity contribution in [2.45, 2.75) is 160 Å². The van der Waals surface area contributed by atoms with Gasteiger partial charge in [-0.3, -0.25) is 57.7 Å². The molecule has 24 heteroatoms. The van der Waals surface area contributed by atoms with Crippen molar-refractivity contribution < 1.29 is 62.5 Å². The Morgan fingerprint density at radius 2 is 1.47 bits per heavy atom. The number of fused-ring (bicyclic) bond motifs is 2. The number of carbonyl (C=O) groups is 10. The maximum Gasteiger partial charge on any atom is 0.272 e. The minimum absolute atomic E-state index is 0.0292. The molecule has 8 atom stereocenters. The maximum absolute atomic E-state index is 14.9. The highest BCUT2D eigenvalue weighted by molar-refractivity contribution is 6.25. The van der Waals surface area contributed by atoms with Gasteiger partial charge < -0.3 is 51.4 Å². The molecule has 1 aromatic heterocycles. The summed E-state index contributed by atoms with van der Waals surface area (Å²) in [5.74, 6) is -5.64. The third-order valence-electron chi connectivity index (χ3n) is 16.5. The smallest absolute Gasteiger partial charge is 0.272 e. The summed E-state index contributed by atoms with van der Waals surface area (Å²) < 4.78 is 11.3. The summed E-state index contributed by atoms with van der Waals surface area (Å²) in [5, 5.41) is 28.5. The van der Waals surface area contributed by atoms with Gasteiger partial charge >= 0.3 is 0 Å². The van der Waals surface area contributed by atoms with E-state index >= 15 is 0 Å². The largest absolute Gasteiger partial charge is 0.382 e. The molecule has 7 N–H and O–H groups in total. The van der Waals surface area contributed by atoms with Gasteiger partial charge in [-0.15, -0.1) is 0 Å². The van der Waals surface area contributed by atoms with E-state index in [0.29, 0.717) is 37.9 Å². The molecule has 3 saturated carbocycles. The van der Waals surface area contributed by atoms with Gasteiger partial charge in [0.1, 0.15) is 35.6 Å². The number of likely N-dealkylation sites (N-methyl/N-ethyl adjacent to an activating group) is 1. The number of rotatable bonds is 25. The number of nitrogens with zero attached hydrogens (tertiary/aromatic N) is 5. The Hall–Kier alpha value is -6.92. The van der Waals surface area contributed by atoms with Crippen LogP contribution in [-0.4, -0.2) is 184 Å². The Kier molecular flexibility index (Phi) is 19.9. The zero-order valence-electron chi connectivity index (χ0n) is 47.1. The van der Waals surface area contributed by atoms with Crippen molar-refractivity contribution in [3.63, 3.8) is 0 Å². The number of aromatic nitrogens is 2. The van der Waals surface area contributed by atoms with Crippen LogP contribution in [0.15, 0.2) is 30.6 Å². The number of hydrogen-bond donors (Lipinski definition) is 7. The SMILES string of the molecule is CCC[C@H](NC(=O)[C@@H]1C2CCC[C@H]2CN1C(=O)[C@@H](NC(=O)[C@@H](NC(=O)c1cnc(C(=O)NCCOCCOCCNc2cccc3c2C(=O)N(C2CCC(=O)N(C)C2=O)C3=O)cn1)C1CCCCC1)C(C)(C)C)C(O)C(=O)NC1CC1. The van der Waals surface area contributed by atoms with Gasteiger partial charge in [-0.25, -0.2) is 9.97 Å². The van der Waals surface area contributed by atoms with Crippen LogP contribution in [0.1, 0.15) is 159 Å². The highest BCUT2D eigenvalue weighted by Crippen LogP contribution is 2.43. The van der Waals surface area contributed by atoms with Crippen molar-refractivity contribution in [1.82, 2.24) is 51.3 Å². The van der Waals surface area contributed by atoms with Gasteiger partial charge in [-0.2, -0.15) is 0 Å². The van der Waals surface area contributed by atoms with E-state index in [1.807, 2.05) is 27.7 Å². The van der Waals surface area contributed by atoms with Crippen LogP contribution in [-0.2, 0) is 38.2 Å². The standard InChI is InChI=1S/C57H79N11O13/c1-6-12-38(46(70)52(75)62-34-19-20-34)63-51(74)45-35-16-10-15-33(35)31-67(45)56(79)47(57(2,3)4)65-50(73)44(32-13-8-7-9-14-32)64-49(72)40-30-60-39(29-61-40)48(71)59-24-26-81-28-27-80-25-23-58-37-18-11-17-36-43(37)55(78)68(53(36)76)41-21-22-42(69)66(5)54(41)77/h11,17-18,29-30,32-35,38,41,44-47,58,70H,6-10,12-16,19-28,31H2,1-5H3,(H,59,71)(H,62,75)(H,63,74)(H,64,72)(H,65,73)/t33-,35?,38-,41?,44-,45-,46?,47+/m0/s1. The Morgan fingerprint density at radius 3 is 2.14 bits per heavy atom. The lowest BCUT2D eigenvalue weighted by molar-refractivity contribution is -0.149. The number of anilines is 1. The zero-order valence-corrected chi connectivity index (χ0v) is 47.1. The second-order valence-electron chi connectivity index (χ2n) is 23.3. The average Bonchev–Trinajstić information content (AvgIpc) is 3.97. The van der Waals surface area contributed by atoms with E-state index in [2.05, 4.69) is 41.9 Å². The molecular weight excluding hydrogens is 1050 g/mol. The molecule has 0 radical (unpaired) electrons. The second-order valence-corrected chi connectivity index (χ2v) is 23.3. The molecule has 8 rings (SSSR count). The van der Waals surface area contributed by atoms with Crippen molar-refractivity contribution in [3.8, 4) is 0 Å². The average molecular weight is 1130 g/mol. The minimum Gasteiger partial charge on any atom is -0.382 e. The lowest BCUT2D eigenvalue weighted by Crippen LogP contribution is -2.62. The Labute approximate surface area is 471 Å². The van der Waals surface area contributed by atoms with Crippen molar-refractivity contribution in [2.24, 2.45) is 23.2 Å². The second kappa shape index (κ2) is 26.8. The number of likely N-dealkylation sites (tertiary alicyclic amines) is 2. The van der Waals surface area contributed by atoms with E-state index in [-0.39, 0.29) is 105 Å². The molecule has 10 amide bonds. The fourth-order valence-electron chi connectivity index (χ4n) is 11.9. The minimum atomic E-state index is -1.45. The van der Waals surface area contributed by atoms with Gasteiger partial charge in [0.15, 0.2) is 6.10 Å². The molecule has 0 bridgehead atoms. The van der Waals surface area contributed by atoms with Crippen LogP contribution >= 0.6 is 0 Å². The highest BCUT2D eigenvalue weighted by atomic mass is 16.5. The number of aliphatic hydroxyl groups is 1. The number of hydrogen-bond acceptors (Lipinski definition) is 16. The van der Waals surface area contributed by atoms with Gasteiger partial charge in [-0.05, 0) is 86.7 Å². The van der Waals surface area contributed by atoms with Crippen molar-refractivity contribution in [1.29, 1.82) is 0 Å². The number of imide groups is 2. The fraction of sp³-hybridized carbons (Fsp3) is 0.649. The molecule has 0 spiro atoms. The Bertz CT molecular complexity index is 2690. The van der Waals surface area contributed by atoms with Crippen molar-refractivity contribution in [3.05, 3.63) is 53.1 Å². The molecule has 5 fully saturated rings. The first-order valence-corrected chi connectivity index (χ1v) is 28.8. The predicted molar refractivity (Wildman–Crippen MR) is 292 cm³/mol. The highest BCUT2D eigenvalue weighted by Gasteiger charge is 2.53. The zero-order chi connectivity index (χ0) is 58.1. The van der Waals surface area contributed by atoms with E-state index in [1.54, 1.807) is 17.0 Å². The lowest BCUT2D eigenvalue weighted by Gasteiger charge is -2.38. The summed E-state index contributed by atoms with van der Waals surface area (Å²) in [4.78, 5) is 147. The Morgan fingerprint density at radius 1 is 0.778 bits per heavy atom. The summed E-state index contributed by atoms with van der Waals surface area (Å²) in [6.45, 7) is 8.93. The number of amides is 10. The molecule has 1 aromatic carbocycles. The number of ether oxygens (including phenoxy) is 2. The third kappa shape index (κ3) is 14.2. The predicted octanol–water partition coefficient (Wildman–Crippen LogP) is 1.86. The molecule has 2 saturated heterocycles. The quantitative estimate of drug-likeness (QED) is 0.0551.